The molecule has 0 bridgehead atoms. The number of nitrogens with one attached hydrogen (secondary N) is 2. The summed E-state index contributed by atoms with van der Waals surface area (Å²) in [4.78, 5) is 61.7. The van der Waals surface area contributed by atoms with E-state index in [1.165, 1.54) is 6.92 Å². The minimum Gasteiger partial charge on any atom is -0.451 e. The number of halogens is 3. The predicted octanol–water partition coefficient (Wildman–Crippen LogP) is 1.27. The van der Waals surface area contributed by atoms with Crippen molar-refractivity contribution in [3.05, 3.63) is 29.6 Å². The summed E-state index contributed by atoms with van der Waals surface area (Å²) >= 11 is 0. The summed E-state index contributed by atoms with van der Waals surface area (Å²) in [6.45, 7) is -0.0721. The van der Waals surface area contributed by atoms with Gasteiger partial charge >= 0.3 is 5.97 Å². The molecule has 1 saturated carbocycles. The van der Waals surface area contributed by atoms with Gasteiger partial charge in [0.15, 0.2) is 23.6 Å². The predicted molar refractivity (Wildman–Crippen MR) is 106 cm³/mol. The van der Waals surface area contributed by atoms with Gasteiger partial charge in [-0.2, -0.15) is 0 Å². The van der Waals surface area contributed by atoms with E-state index in [1.54, 1.807) is 0 Å². The molecule has 0 radical (unpaired) electrons. The van der Waals surface area contributed by atoms with E-state index in [-0.39, 0.29) is 0 Å². The highest BCUT2D eigenvalue weighted by Crippen LogP contribution is 2.37. The molecule has 4 amide bonds. The number of carbonyl (C=O) groups is 5. The summed E-state index contributed by atoms with van der Waals surface area (Å²) in [5.41, 5.74) is -0.617. The number of fused-ring (bicyclic) bond motifs is 1. The summed E-state index contributed by atoms with van der Waals surface area (Å²) in [7, 11) is 0. The van der Waals surface area contributed by atoms with Crippen molar-refractivity contribution in [2.75, 3.05) is 18.4 Å². The van der Waals surface area contributed by atoms with Crippen molar-refractivity contribution in [2.45, 2.75) is 38.7 Å². The average molecular weight is 469 g/mol. The standard InChI is InChI=1S/C21H22F3N3O6/c1-10(19(30)25-8-15(28)26-14-7-6-13(22)17(23)18(14)24)33-16(29)9-27-20(31)11-4-2-3-5-12(11)21(27)32/h6-7,10-12H,2-5,8-9H2,1H3,(H,25,30)(H,26,28). The van der Waals surface area contributed by atoms with E-state index < -0.39 is 83.8 Å². The maximum atomic E-state index is 13.6. The van der Waals surface area contributed by atoms with Crippen LogP contribution in [-0.2, 0) is 28.7 Å². The number of rotatable bonds is 7. The van der Waals surface area contributed by atoms with E-state index in [0.717, 1.165) is 23.8 Å². The molecule has 3 atom stereocenters. The first-order valence-corrected chi connectivity index (χ1v) is 10.4. The molecule has 0 spiro atoms. The fourth-order valence-electron chi connectivity index (χ4n) is 3.93. The summed E-state index contributed by atoms with van der Waals surface area (Å²) in [5.74, 6) is -9.24. The van der Waals surface area contributed by atoms with E-state index in [2.05, 4.69) is 5.32 Å². The zero-order valence-corrected chi connectivity index (χ0v) is 17.7. The van der Waals surface area contributed by atoms with Crippen LogP contribution in [0.1, 0.15) is 32.6 Å². The molecule has 1 aromatic carbocycles. The maximum Gasteiger partial charge on any atom is 0.326 e. The second-order valence-electron chi connectivity index (χ2n) is 7.88. The molecule has 3 rings (SSSR count). The SMILES string of the molecule is CC(OC(=O)CN1C(=O)C2CCCCC2C1=O)C(=O)NCC(=O)Nc1ccc(F)c(F)c1F. The lowest BCUT2D eigenvalue weighted by atomic mass is 9.81. The molecule has 2 fully saturated rings. The van der Waals surface area contributed by atoms with E-state index in [0.29, 0.717) is 18.9 Å². The molecule has 33 heavy (non-hydrogen) atoms. The van der Waals surface area contributed by atoms with Crippen LogP contribution in [0.2, 0.25) is 0 Å². The lowest BCUT2D eigenvalue weighted by Gasteiger charge is -2.19. The Morgan fingerprint density at radius 1 is 1.06 bits per heavy atom. The monoisotopic (exact) mass is 469 g/mol. The average Bonchev–Trinajstić information content (AvgIpc) is 3.02. The second kappa shape index (κ2) is 10.0. The van der Waals surface area contributed by atoms with Crippen LogP contribution in [0.4, 0.5) is 18.9 Å². The van der Waals surface area contributed by atoms with Crippen LogP contribution in [-0.4, -0.2) is 53.7 Å². The molecule has 9 nitrogen and oxygen atoms in total. The lowest BCUT2D eigenvalue weighted by molar-refractivity contribution is -0.159. The molecule has 3 unspecified atom stereocenters. The topological polar surface area (TPSA) is 122 Å². The van der Waals surface area contributed by atoms with Crippen molar-refractivity contribution in [1.82, 2.24) is 10.2 Å². The third-order valence-electron chi connectivity index (χ3n) is 5.63. The van der Waals surface area contributed by atoms with Gasteiger partial charge in [-0.15, -0.1) is 0 Å². The summed E-state index contributed by atoms with van der Waals surface area (Å²) in [5, 5.41) is 4.11. The number of carbonyl (C=O) groups excluding carboxylic acids is 5. The van der Waals surface area contributed by atoms with Gasteiger partial charge in [-0.05, 0) is 31.9 Å². The van der Waals surface area contributed by atoms with Gasteiger partial charge in [-0.25, -0.2) is 13.2 Å². The normalized spacial score (nSPS) is 20.8. The van der Waals surface area contributed by atoms with E-state index in [1.807, 2.05) is 5.32 Å². The van der Waals surface area contributed by atoms with E-state index in [4.69, 9.17) is 4.74 Å². The molecule has 1 aliphatic carbocycles. The first-order valence-electron chi connectivity index (χ1n) is 10.4. The Hall–Kier alpha value is -3.44. The molecule has 1 aliphatic heterocycles. The number of nitrogens with zero attached hydrogens (tertiary/aromatic N) is 1. The van der Waals surface area contributed by atoms with Crippen molar-refractivity contribution < 1.29 is 41.9 Å². The van der Waals surface area contributed by atoms with Crippen molar-refractivity contribution in [3.63, 3.8) is 0 Å². The highest BCUT2D eigenvalue weighted by Gasteiger charge is 2.48. The Morgan fingerprint density at radius 2 is 1.67 bits per heavy atom. The van der Waals surface area contributed by atoms with Gasteiger partial charge in [0.05, 0.1) is 24.1 Å². The van der Waals surface area contributed by atoms with E-state index >= 15 is 0 Å². The van der Waals surface area contributed by atoms with Crippen LogP contribution in [0, 0.1) is 29.3 Å². The van der Waals surface area contributed by atoms with Crippen molar-refractivity contribution in [1.29, 1.82) is 0 Å². The molecular formula is C21H22F3N3O6. The molecule has 1 aromatic rings. The van der Waals surface area contributed by atoms with Crippen LogP contribution in [0.15, 0.2) is 12.1 Å². The van der Waals surface area contributed by atoms with Crippen LogP contribution in [0.3, 0.4) is 0 Å². The molecule has 2 N–H and O–H groups in total. The molecule has 2 aliphatic rings. The number of ether oxygens (including phenoxy) is 1. The molecule has 12 heteroatoms. The smallest absolute Gasteiger partial charge is 0.326 e. The quantitative estimate of drug-likeness (QED) is 0.352. The Balaban J connectivity index is 1.46. The first-order chi connectivity index (χ1) is 15.6. The highest BCUT2D eigenvalue weighted by molar-refractivity contribution is 6.07. The Kier molecular flexibility index (Phi) is 7.34. The highest BCUT2D eigenvalue weighted by atomic mass is 19.2. The van der Waals surface area contributed by atoms with E-state index in [9.17, 15) is 37.1 Å². The minimum absolute atomic E-state index is 0.417. The molecule has 1 saturated heterocycles. The molecule has 178 valence electrons. The molecule has 1 heterocycles. The number of benzene rings is 1. The Labute approximate surface area is 186 Å². The minimum atomic E-state index is -1.76. The summed E-state index contributed by atoms with van der Waals surface area (Å²) < 4.78 is 44.7. The molecule has 0 aromatic heterocycles. The lowest BCUT2D eigenvalue weighted by Crippen LogP contribution is -2.42. The fraction of sp³-hybridized carbons (Fsp3) is 0.476. The van der Waals surface area contributed by atoms with Gasteiger partial charge in [0.25, 0.3) is 5.91 Å². The number of hydrogen-bond donors (Lipinski definition) is 2. The number of esters is 1. The fourth-order valence-corrected chi connectivity index (χ4v) is 3.93. The van der Waals surface area contributed by atoms with Crippen LogP contribution in [0.5, 0.6) is 0 Å². The third kappa shape index (κ3) is 5.32. The zero-order valence-electron chi connectivity index (χ0n) is 17.7. The Morgan fingerprint density at radius 3 is 2.27 bits per heavy atom. The van der Waals surface area contributed by atoms with Gasteiger partial charge in [0.2, 0.25) is 17.7 Å². The first kappa shape index (κ1) is 24.2. The van der Waals surface area contributed by atoms with Crippen molar-refractivity contribution in [3.8, 4) is 0 Å². The van der Waals surface area contributed by atoms with Crippen LogP contribution in [0.25, 0.3) is 0 Å². The second-order valence-corrected chi connectivity index (χ2v) is 7.88. The number of imide groups is 1. The third-order valence-corrected chi connectivity index (χ3v) is 5.63. The number of likely N-dealkylation sites (tertiary alicyclic amines) is 1. The maximum absolute atomic E-state index is 13.6. The number of amides is 4. The number of anilines is 1. The van der Waals surface area contributed by atoms with Gasteiger partial charge in [0.1, 0.15) is 6.54 Å². The van der Waals surface area contributed by atoms with Gasteiger partial charge < -0.3 is 15.4 Å². The van der Waals surface area contributed by atoms with Gasteiger partial charge in [-0.1, -0.05) is 12.8 Å². The zero-order chi connectivity index (χ0) is 24.3. The Bertz CT molecular complexity index is 978. The summed E-state index contributed by atoms with van der Waals surface area (Å²) in [6, 6.07) is 1.44. The van der Waals surface area contributed by atoms with Gasteiger partial charge in [-0.3, -0.25) is 28.9 Å². The molecular weight excluding hydrogens is 447 g/mol. The largest absolute Gasteiger partial charge is 0.451 e. The van der Waals surface area contributed by atoms with Crippen LogP contribution >= 0.6 is 0 Å². The summed E-state index contributed by atoms with van der Waals surface area (Å²) in [6.07, 6.45) is 1.50. The van der Waals surface area contributed by atoms with Crippen molar-refractivity contribution in [2.24, 2.45) is 11.8 Å². The van der Waals surface area contributed by atoms with Crippen molar-refractivity contribution >= 4 is 35.3 Å². The van der Waals surface area contributed by atoms with Gasteiger partial charge in [0, 0.05) is 0 Å². The number of hydrogen-bond acceptors (Lipinski definition) is 6. The van der Waals surface area contributed by atoms with Crippen LogP contribution < -0.4 is 10.6 Å².